The number of aliphatic hydroxyl groups is 1. The second-order valence-electron chi connectivity index (χ2n) is 13.2. The van der Waals surface area contributed by atoms with Crippen LogP contribution in [0.5, 0.6) is 0 Å². The number of carboxylic acids is 1. The standard InChI is InChI=1S/C39H72NO5P/c1-3-5-7-9-11-13-15-17-19-21-23-25-27-29-31-33-36(42)39(35-41,38(44)45)40(46)37(43)34-32-30-28-26-24-22-20-18-16-14-12-10-8-6-4-2/h17-20,41H,3-16,21-35,46H2,1-2H3,(H,44,45). The monoisotopic (exact) mass is 666 g/mol. The number of Topliss-reactive ketones (excluding diaryl/α,β-unsaturated/α-hetero) is 1. The number of aliphatic hydroxyl groups excluding tert-OH is 1. The molecule has 6 nitrogen and oxygen atoms in total. The lowest BCUT2D eigenvalue weighted by Gasteiger charge is -2.35. The normalized spacial score (nSPS) is 13.0. The van der Waals surface area contributed by atoms with Gasteiger partial charge in [-0.15, -0.1) is 0 Å². The van der Waals surface area contributed by atoms with E-state index in [1.807, 2.05) is 0 Å². The maximum Gasteiger partial charge on any atom is 0.340 e. The zero-order valence-electron chi connectivity index (χ0n) is 30.0. The van der Waals surface area contributed by atoms with Gasteiger partial charge in [0.1, 0.15) is 0 Å². The quantitative estimate of drug-likeness (QED) is 0.0309. The zero-order chi connectivity index (χ0) is 34.1. The Morgan fingerprint density at radius 2 is 0.870 bits per heavy atom. The summed E-state index contributed by atoms with van der Waals surface area (Å²) in [6, 6.07) is 0. The van der Waals surface area contributed by atoms with Crippen LogP contribution in [0.25, 0.3) is 0 Å². The highest BCUT2D eigenvalue weighted by atomic mass is 31.0. The molecule has 1 amide bonds. The van der Waals surface area contributed by atoms with Gasteiger partial charge in [0.15, 0.2) is 5.78 Å². The summed E-state index contributed by atoms with van der Waals surface area (Å²) >= 11 is 0. The summed E-state index contributed by atoms with van der Waals surface area (Å²) in [5.74, 6) is -2.51. The van der Waals surface area contributed by atoms with Crippen LogP contribution in [-0.4, -0.2) is 44.7 Å². The van der Waals surface area contributed by atoms with Crippen molar-refractivity contribution in [3.63, 3.8) is 0 Å². The van der Waals surface area contributed by atoms with Crippen molar-refractivity contribution in [3.8, 4) is 0 Å². The molecule has 0 radical (unpaired) electrons. The third kappa shape index (κ3) is 22.1. The SMILES string of the molecule is CCCCCCCCC=CCCCCCCCC(=O)N(P)C(CO)(C(=O)O)C(=O)CCCCCCCC=CCCCCCCCC. The molecule has 0 spiro atoms. The Labute approximate surface area is 285 Å². The minimum atomic E-state index is -2.23. The largest absolute Gasteiger partial charge is 0.479 e. The van der Waals surface area contributed by atoms with Crippen molar-refractivity contribution in [2.24, 2.45) is 0 Å². The Morgan fingerprint density at radius 3 is 1.22 bits per heavy atom. The van der Waals surface area contributed by atoms with Crippen molar-refractivity contribution in [3.05, 3.63) is 24.3 Å². The number of hydrogen-bond acceptors (Lipinski definition) is 4. The van der Waals surface area contributed by atoms with Crippen LogP contribution in [0.4, 0.5) is 0 Å². The third-order valence-corrected chi connectivity index (χ3v) is 9.77. The van der Waals surface area contributed by atoms with Gasteiger partial charge in [-0.1, -0.05) is 141 Å². The molecule has 0 rings (SSSR count). The van der Waals surface area contributed by atoms with Gasteiger partial charge in [0.25, 0.3) is 0 Å². The van der Waals surface area contributed by atoms with Gasteiger partial charge < -0.3 is 14.9 Å². The van der Waals surface area contributed by atoms with Crippen LogP contribution in [0, 0.1) is 0 Å². The van der Waals surface area contributed by atoms with Gasteiger partial charge >= 0.3 is 5.97 Å². The first-order valence-electron chi connectivity index (χ1n) is 19.1. The molecule has 0 aromatic heterocycles. The molecule has 2 atom stereocenters. The highest BCUT2D eigenvalue weighted by Crippen LogP contribution is 2.26. The molecule has 0 saturated carbocycles. The van der Waals surface area contributed by atoms with Crippen molar-refractivity contribution in [1.82, 2.24) is 4.67 Å². The first-order chi connectivity index (χ1) is 22.4. The number of nitrogens with zero attached hydrogens (tertiary/aromatic N) is 1. The maximum absolute atomic E-state index is 13.1. The van der Waals surface area contributed by atoms with Crippen LogP contribution >= 0.6 is 9.39 Å². The highest BCUT2D eigenvalue weighted by molar-refractivity contribution is 7.15. The predicted molar refractivity (Wildman–Crippen MR) is 198 cm³/mol. The van der Waals surface area contributed by atoms with Crippen LogP contribution in [0.15, 0.2) is 24.3 Å². The van der Waals surface area contributed by atoms with Crippen molar-refractivity contribution < 1.29 is 24.6 Å². The fraction of sp³-hybridized carbons (Fsp3) is 0.821. The lowest BCUT2D eigenvalue weighted by molar-refractivity contribution is -0.161. The Hall–Kier alpha value is -1.52. The van der Waals surface area contributed by atoms with Crippen LogP contribution in [-0.2, 0) is 14.4 Å². The van der Waals surface area contributed by atoms with E-state index in [1.165, 1.54) is 83.5 Å². The van der Waals surface area contributed by atoms with Crippen molar-refractivity contribution in [2.75, 3.05) is 6.61 Å². The molecule has 7 heteroatoms. The fourth-order valence-electron chi connectivity index (χ4n) is 5.83. The Balaban J connectivity index is 4.16. The second-order valence-corrected chi connectivity index (χ2v) is 13.7. The summed E-state index contributed by atoms with van der Waals surface area (Å²) in [7, 11) is 2.11. The van der Waals surface area contributed by atoms with E-state index in [0.717, 1.165) is 75.3 Å². The minimum Gasteiger partial charge on any atom is -0.479 e. The van der Waals surface area contributed by atoms with Crippen LogP contribution in [0.3, 0.4) is 0 Å². The molecule has 2 N–H and O–H groups in total. The molecular weight excluding hydrogens is 593 g/mol. The maximum atomic E-state index is 13.1. The first kappa shape index (κ1) is 44.5. The number of carbonyl (C=O) groups is 3. The highest BCUT2D eigenvalue weighted by Gasteiger charge is 2.50. The van der Waals surface area contributed by atoms with E-state index in [9.17, 15) is 24.6 Å². The van der Waals surface area contributed by atoms with Gasteiger partial charge in [-0.25, -0.2) is 4.79 Å². The van der Waals surface area contributed by atoms with Crippen molar-refractivity contribution in [1.29, 1.82) is 0 Å². The van der Waals surface area contributed by atoms with Crippen LogP contribution in [0.2, 0.25) is 0 Å². The molecule has 0 aliphatic rings. The molecule has 2 unspecified atom stereocenters. The van der Waals surface area contributed by atoms with Gasteiger partial charge in [0.05, 0.1) is 6.61 Å². The Morgan fingerprint density at radius 1 is 0.543 bits per heavy atom. The number of allylic oxidation sites excluding steroid dienone is 4. The predicted octanol–water partition coefficient (Wildman–Crippen LogP) is 11.1. The summed E-state index contributed by atoms with van der Waals surface area (Å²) in [6.07, 6.45) is 39.1. The average Bonchev–Trinajstić information content (AvgIpc) is 3.04. The first-order valence-corrected chi connectivity index (χ1v) is 19.6. The summed E-state index contributed by atoms with van der Waals surface area (Å²) in [5, 5.41) is 20.0. The van der Waals surface area contributed by atoms with Crippen LogP contribution < -0.4 is 0 Å². The summed E-state index contributed by atoms with van der Waals surface area (Å²) in [6.45, 7) is 3.57. The molecule has 0 heterocycles. The molecule has 0 saturated heterocycles. The van der Waals surface area contributed by atoms with E-state index in [2.05, 4.69) is 47.5 Å². The second kappa shape index (κ2) is 32.0. The summed E-state index contributed by atoms with van der Waals surface area (Å²) in [4.78, 5) is 38.1. The molecular formula is C39H72NO5P. The molecule has 0 aromatic carbocycles. The average molecular weight is 666 g/mol. The van der Waals surface area contributed by atoms with E-state index >= 15 is 0 Å². The molecule has 0 aliphatic carbocycles. The van der Waals surface area contributed by atoms with E-state index in [4.69, 9.17) is 0 Å². The van der Waals surface area contributed by atoms with Crippen LogP contribution in [0.1, 0.15) is 194 Å². The summed E-state index contributed by atoms with van der Waals surface area (Å²) in [5.41, 5.74) is -2.23. The smallest absolute Gasteiger partial charge is 0.340 e. The Bertz CT molecular complexity index is 814. The molecule has 0 fully saturated rings. The van der Waals surface area contributed by atoms with Gasteiger partial charge in [-0.2, -0.15) is 0 Å². The molecule has 46 heavy (non-hydrogen) atoms. The lowest BCUT2D eigenvalue weighted by Crippen LogP contribution is -2.60. The lowest BCUT2D eigenvalue weighted by atomic mass is 9.90. The zero-order valence-corrected chi connectivity index (χ0v) is 31.1. The topological polar surface area (TPSA) is 94.9 Å². The van der Waals surface area contributed by atoms with Gasteiger partial charge in [0, 0.05) is 12.8 Å². The minimum absolute atomic E-state index is 0.0383. The Kier molecular flexibility index (Phi) is 31.0. The number of rotatable bonds is 34. The molecule has 0 aromatic rings. The van der Waals surface area contributed by atoms with Gasteiger partial charge in [-0.3, -0.25) is 9.59 Å². The molecule has 0 aliphatic heterocycles. The van der Waals surface area contributed by atoms with E-state index < -0.39 is 29.8 Å². The number of aliphatic carboxylic acids is 1. The van der Waals surface area contributed by atoms with E-state index in [0.29, 0.717) is 12.8 Å². The molecule has 268 valence electrons. The van der Waals surface area contributed by atoms with Crippen molar-refractivity contribution in [2.45, 2.75) is 199 Å². The van der Waals surface area contributed by atoms with E-state index in [1.54, 1.807) is 0 Å². The number of amides is 1. The number of unbranched alkanes of at least 4 members (excludes halogenated alkanes) is 22. The number of ketones is 1. The van der Waals surface area contributed by atoms with Gasteiger partial charge in [-0.05, 0) is 73.6 Å². The third-order valence-electron chi connectivity index (χ3n) is 9.04. The van der Waals surface area contributed by atoms with Crippen molar-refractivity contribution >= 4 is 27.1 Å². The summed E-state index contributed by atoms with van der Waals surface area (Å²) < 4.78 is 0.907. The molecule has 0 bridgehead atoms. The number of carboxylic acid groups (broad SMARTS) is 1. The number of hydrogen-bond donors (Lipinski definition) is 2. The van der Waals surface area contributed by atoms with Gasteiger partial charge in [0.2, 0.25) is 11.4 Å². The number of carbonyl (C=O) groups excluding carboxylic acids is 2. The fourth-order valence-corrected chi connectivity index (χ4v) is 6.30. The van der Waals surface area contributed by atoms with E-state index in [-0.39, 0.29) is 12.8 Å².